The van der Waals surface area contributed by atoms with E-state index in [4.69, 9.17) is 4.74 Å². The van der Waals surface area contributed by atoms with Gasteiger partial charge >= 0.3 is 12.1 Å². The van der Waals surface area contributed by atoms with Crippen LogP contribution in [0.1, 0.15) is 26.5 Å². The second-order valence-corrected chi connectivity index (χ2v) is 5.12. The highest BCUT2D eigenvalue weighted by Crippen LogP contribution is 2.08. The Morgan fingerprint density at radius 1 is 1.35 bits per heavy atom. The van der Waals surface area contributed by atoms with Crippen molar-refractivity contribution >= 4 is 12.1 Å². The second-order valence-electron chi connectivity index (χ2n) is 5.12. The molecule has 0 aliphatic heterocycles. The standard InChI is InChI=1S/C13H19N3O4/c1-13(2,3)20-12(18)16-10(11(17)19-4)7-9-8-14-5-6-15-9/h5-6,8,10H,7H2,1-4H3,(H,16,18). The predicted octanol–water partition coefficient (Wildman–Crippen LogP) is 1.09. The molecule has 1 aromatic rings. The number of rotatable bonds is 4. The van der Waals surface area contributed by atoms with Crippen LogP contribution in [0.15, 0.2) is 18.6 Å². The Balaban J connectivity index is 2.70. The lowest BCUT2D eigenvalue weighted by molar-refractivity contribution is -0.143. The van der Waals surface area contributed by atoms with Crippen molar-refractivity contribution in [2.45, 2.75) is 38.8 Å². The highest BCUT2D eigenvalue weighted by molar-refractivity contribution is 5.81. The molecule has 7 nitrogen and oxygen atoms in total. The monoisotopic (exact) mass is 281 g/mol. The van der Waals surface area contributed by atoms with E-state index < -0.39 is 23.7 Å². The summed E-state index contributed by atoms with van der Waals surface area (Å²) in [4.78, 5) is 31.3. The molecule has 0 aliphatic rings. The maximum Gasteiger partial charge on any atom is 0.408 e. The molecule has 110 valence electrons. The van der Waals surface area contributed by atoms with Crippen molar-refractivity contribution in [2.75, 3.05) is 7.11 Å². The van der Waals surface area contributed by atoms with Gasteiger partial charge in [0.25, 0.3) is 0 Å². The zero-order valence-electron chi connectivity index (χ0n) is 12.0. The number of esters is 1. The van der Waals surface area contributed by atoms with Gasteiger partial charge in [-0.15, -0.1) is 0 Å². The summed E-state index contributed by atoms with van der Waals surface area (Å²) in [6, 6.07) is -0.869. The topological polar surface area (TPSA) is 90.4 Å². The summed E-state index contributed by atoms with van der Waals surface area (Å²) in [6.07, 6.45) is 4.05. The highest BCUT2D eigenvalue weighted by atomic mass is 16.6. The average Bonchev–Trinajstić information content (AvgIpc) is 2.36. The van der Waals surface area contributed by atoms with E-state index >= 15 is 0 Å². The molecule has 0 saturated heterocycles. The van der Waals surface area contributed by atoms with Gasteiger partial charge < -0.3 is 14.8 Å². The molecule has 7 heteroatoms. The third-order valence-corrected chi connectivity index (χ3v) is 2.21. The van der Waals surface area contributed by atoms with Crippen LogP contribution in [-0.4, -0.2) is 40.8 Å². The fourth-order valence-corrected chi connectivity index (χ4v) is 1.43. The first kappa shape index (κ1) is 15.9. The van der Waals surface area contributed by atoms with Crippen LogP contribution in [0.5, 0.6) is 0 Å². The number of nitrogens with zero attached hydrogens (tertiary/aromatic N) is 2. The number of alkyl carbamates (subject to hydrolysis) is 1. The molecule has 0 spiro atoms. The van der Waals surface area contributed by atoms with Crippen molar-refractivity contribution in [3.8, 4) is 0 Å². The Morgan fingerprint density at radius 3 is 2.55 bits per heavy atom. The molecule has 1 unspecified atom stereocenters. The van der Waals surface area contributed by atoms with Gasteiger partial charge in [0.1, 0.15) is 11.6 Å². The summed E-state index contributed by atoms with van der Waals surface area (Å²) in [5, 5.41) is 2.47. The van der Waals surface area contributed by atoms with Gasteiger partial charge in [-0.3, -0.25) is 9.97 Å². The summed E-state index contributed by atoms with van der Waals surface area (Å²) in [5.74, 6) is -0.568. The fourth-order valence-electron chi connectivity index (χ4n) is 1.43. The SMILES string of the molecule is COC(=O)C(Cc1cnccn1)NC(=O)OC(C)(C)C. The summed E-state index contributed by atoms with van der Waals surface area (Å²) in [5.41, 5.74) is -0.0731. The van der Waals surface area contributed by atoms with E-state index in [1.165, 1.54) is 25.7 Å². The molecule has 0 aliphatic carbocycles. The van der Waals surface area contributed by atoms with Crippen LogP contribution in [0, 0.1) is 0 Å². The smallest absolute Gasteiger partial charge is 0.408 e. The summed E-state index contributed by atoms with van der Waals surface area (Å²) < 4.78 is 9.76. The fraction of sp³-hybridized carbons (Fsp3) is 0.538. The first-order chi connectivity index (χ1) is 9.31. The highest BCUT2D eigenvalue weighted by Gasteiger charge is 2.25. The molecule has 1 amide bonds. The third kappa shape index (κ3) is 5.64. The average molecular weight is 281 g/mol. The molecule has 1 atom stereocenters. The number of carbonyl (C=O) groups excluding carboxylic acids is 2. The van der Waals surface area contributed by atoms with E-state index in [0.717, 1.165) is 0 Å². The van der Waals surface area contributed by atoms with E-state index in [2.05, 4.69) is 20.0 Å². The van der Waals surface area contributed by atoms with Gasteiger partial charge in [-0.2, -0.15) is 0 Å². The summed E-state index contributed by atoms with van der Waals surface area (Å²) in [7, 11) is 1.25. The van der Waals surface area contributed by atoms with Crippen molar-refractivity contribution in [3.05, 3.63) is 24.3 Å². The van der Waals surface area contributed by atoms with Crippen LogP contribution < -0.4 is 5.32 Å². The van der Waals surface area contributed by atoms with Crippen molar-refractivity contribution in [1.82, 2.24) is 15.3 Å². The Bertz CT molecular complexity index is 456. The number of aromatic nitrogens is 2. The zero-order chi connectivity index (χ0) is 15.2. The molecule has 1 heterocycles. The van der Waals surface area contributed by atoms with Gasteiger partial charge in [0, 0.05) is 25.0 Å². The van der Waals surface area contributed by atoms with E-state index in [0.29, 0.717) is 5.69 Å². The van der Waals surface area contributed by atoms with Crippen molar-refractivity contribution in [3.63, 3.8) is 0 Å². The second kappa shape index (κ2) is 6.83. The van der Waals surface area contributed by atoms with Gasteiger partial charge in [0.2, 0.25) is 0 Å². The third-order valence-electron chi connectivity index (χ3n) is 2.21. The van der Waals surface area contributed by atoms with Crippen LogP contribution in [0.4, 0.5) is 4.79 Å². The first-order valence-corrected chi connectivity index (χ1v) is 6.14. The number of methoxy groups -OCH3 is 1. The maximum absolute atomic E-state index is 11.7. The largest absolute Gasteiger partial charge is 0.467 e. The number of hydrogen-bond donors (Lipinski definition) is 1. The molecule has 0 aromatic carbocycles. The lowest BCUT2D eigenvalue weighted by Crippen LogP contribution is -2.45. The molecule has 0 radical (unpaired) electrons. The van der Waals surface area contributed by atoms with E-state index in [1.807, 2.05) is 0 Å². The van der Waals surface area contributed by atoms with E-state index in [9.17, 15) is 9.59 Å². The Morgan fingerprint density at radius 2 is 2.05 bits per heavy atom. The molecule has 0 fully saturated rings. The number of amides is 1. The quantitative estimate of drug-likeness (QED) is 0.831. The Hall–Kier alpha value is -2.18. The van der Waals surface area contributed by atoms with Crippen LogP contribution in [0.25, 0.3) is 0 Å². The van der Waals surface area contributed by atoms with Crippen molar-refractivity contribution in [2.24, 2.45) is 0 Å². The minimum absolute atomic E-state index is 0.180. The van der Waals surface area contributed by atoms with Gasteiger partial charge in [-0.25, -0.2) is 9.59 Å². The molecule has 1 N–H and O–H groups in total. The molecular weight excluding hydrogens is 262 g/mol. The van der Waals surface area contributed by atoms with Gasteiger partial charge in [0.15, 0.2) is 0 Å². The minimum Gasteiger partial charge on any atom is -0.467 e. The van der Waals surface area contributed by atoms with Gasteiger partial charge in [0.05, 0.1) is 12.8 Å². The van der Waals surface area contributed by atoms with Crippen molar-refractivity contribution < 1.29 is 19.1 Å². The lowest BCUT2D eigenvalue weighted by Gasteiger charge is -2.22. The molecule has 1 rings (SSSR count). The van der Waals surface area contributed by atoms with Crippen molar-refractivity contribution in [1.29, 1.82) is 0 Å². The van der Waals surface area contributed by atoms with E-state index in [-0.39, 0.29) is 6.42 Å². The molecule has 0 bridgehead atoms. The van der Waals surface area contributed by atoms with E-state index in [1.54, 1.807) is 20.8 Å². The summed E-state index contributed by atoms with van der Waals surface area (Å²) >= 11 is 0. The number of ether oxygens (including phenoxy) is 2. The molecule has 1 aromatic heterocycles. The maximum atomic E-state index is 11.7. The minimum atomic E-state index is -0.869. The molecule has 0 saturated carbocycles. The predicted molar refractivity (Wildman–Crippen MR) is 70.9 cm³/mol. The first-order valence-electron chi connectivity index (χ1n) is 6.14. The normalized spacial score (nSPS) is 12.4. The number of carbonyl (C=O) groups is 2. The van der Waals surface area contributed by atoms with Crippen LogP contribution in [0.2, 0.25) is 0 Å². The van der Waals surface area contributed by atoms with Gasteiger partial charge in [-0.1, -0.05) is 0 Å². The molecular formula is C13H19N3O4. The zero-order valence-corrected chi connectivity index (χ0v) is 12.0. The lowest BCUT2D eigenvalue weighted by atomic mass is 10.1. The van der Waals surface area contributed by atoms with Crippen LogP contribution in [0.3, 0.4) is 0 Å². The number of nitrogens with one attached hydrogen (secondary N) is 1. The van der Waals surface area contributed by atoms with Gasteiger partial charge in [-0.05, 0) is 20.8 Å². The Kier molecular flexibility index (Phi) is 5.42. The number of hydrogen-bond acceptors (Lipinski definition) is 6. The Labute approximate surface area is 117 Å². The van der Waals surface area contributed by atoms with Crippen LogP contribution >= 0.6 is 0 Å². The summed E-state index contributed by atoms with van der Waals surface area (Å²) in [6.45, 7) is 5.22. The molecule has 20 heavy (non-hydrogen) atoms. The van der Waals surface area contributed by atoms with Crippen LogP contribution in [-0.2, 0) is 20.7 Å².